The van der Waals surface area contributed by atoms with Gasteiger partial charge in [0.05, 0.1) is 14.2 Å². The van der Waals surface area contributed by atoms with Crippen molar-refractivity contribution in [1.29, 1.82) is 0 Å². The van der Waals surface area contributed by atoms with Crippen LogP contribution in [0.3, 0.4) is 0 Å². The van der Waals surface area contributed by atoms with Crippen molar-refractivity contribution in [3.8, 4) is 11.5 Å². The quantitative estimate of drug-likeness (QED) is 0.888. The van der Waals surface area contributed by atoms with Gasteiger partial charge in [0, 0.05) is 25.2 Å². The maximum atomic E-state index is 5.51. The van der Waals surface area contributed by atoms with Gasteiger partial charge in [-0.1, -0.05) is 12.1 Å². The van der Waals surface area contributed by atoms with E-state index in [9.17, 15) is 0 Å². The maximum absolute atomic E-state index is 5.51. The molecule has 0 bridgehead atoms. The molecule has 1 aromatic carbocycles. The molecule has 4 heteroatoms. The van der Waals surface area contributed by atoms with Crippen molar-refractivity contribution < 1.29 is 9.47 Å². The Bertz CT molecular complexity index is 438. The van der Waals surface area contributed by atoms with Crippen molar-refractivity contribution in [2.75, 3.05) is 40.4 Å². The molecule has 1 N–H and O–H groups in total. The first-order valence-corrected chi connectivity index (χ1v) is 6.94. The lowest BCUT2D eigenvalue weighted by Crippen LogP contribution is -2.25. The number of rotatable bonds is 4. The van der Waals surface area contributed by atoms with Crippen LogP contribution in [0, 0.1) is 11.8 Å². The molecule has 2 aliphatic rings. The van der Waals surface area contributed by atoms with Crippen LogP contribution in [-0.2, 0) is 6.54 Å². The number of methoxy groups -OCH3 is 2. The Morgan fingerprint density at radius 2 is 1.89 bits per heavy atom. The van der Waals surface area contributed by atoms with Crippen LogP contribution in [0.1, 0.15) is 5.56 Å². The summed E-state index contributed by atoms with van der Waals surface area (Å²) in [7, 11) is 3.40. The maximum Gasteiger partial charge on any atom is 0.165 e. The largest absolute Gasteiger partial charge is 0.493 e. The molecule has 0 radical (unpaired) electrons. The van der Waals surface area contributed by atoms with E-state index in [1.807, 2.05) is 12.1 Å². The van der Waals surface area contributed by atoms with Gasteiger partial charge in [-0.2, -0.15) is 0 Å². The molecule has 0 aliphatic carbocycles. The van der Waals surface area contributed by atoms with Crippen LogP contribution in [0.15, 0.2) is 18.2 Å². The third kappa shape index (κ3) is 2.42. The Morgan fingerprint density at radius 3 is 2.53 bits per heavy atom. The van der Waals surface area contributed by atoms with Gasteiger partial charge in [0.15, 0.2) is 11.5 Å². The monoisotopic (exact) mass is 262 g/mol. The third-order valence-corrected chi connectivity index (χ3v) is 4.34. The van der Waals surface area contributed by atoms with E-state index < -0.39 is 0 Å². The molecule has 2 saturated heterocycles. The van der Waals surface area contributed by atoms with Crippen LogP contribution >= 0.6 is 0 Å². The molecule has 3 rings (SSSR count). The zero-order chi connectivity index (χ0) is 13.2. The van der Waals surface area contributed by atoms with E-state index in [2.05, 4.69) is 16.3 Å². The van der Waals surface area contributed by atoms with Gasteiger partial charge in [-0.3, -0.25) is 4.90 Å². The summed E-state index contributed by atoms with van der Waals surface area (Å²) in [6.07, 6.45) is 0. The first kappa shape index (κ1) is 12.8. The Labute approximate surface area is 114 Å². The third-order valence-electron chi connectivity index (χ3n) is 4.34. The van der Waals surface area contributed by atoms with Gasteiger partial charge in [0.25, 0.3) is 0 Å². The number of nitrogens with one attached hydrogen (secondary N) is 1. The average Bonchev–Trinajstić information content (AvgIpc) is 2.99. The highest BCUT2D eigenvalue weighted by Crippen LogP contribution is 2.34. The molecule has 19 heavy (non-hydrogen) atoms. The Hall–Kier alpha value is -1.26. The van der Waals surface area contributed by atoms with Crippen LogP contribution < -0.4 is 14.8 Å². The number of hydrogen-bond donors (Lipinski definition) is 1. The van der Waals surface area contributed by atoms with Gasteiger partial charge in [-0.25, -0.2) is 0 Å². The number of fused-ring (bicyclic) bond motifs is 1. The van der Waals surface area contributed by atoms with E-state index in [4.69, 9.17) is 9.47 Å². The molecule has 0 unspecified atom stereocenters. The van der Waals surface area contributed by atoms with Crippen LogP contribution in [0.4, 0.5) is 0 Å². The zero-order valence-electron chi connectivity index (χ0n) is 11.7. The van der Waals surface area contributed by atoms with Gasteiger partial charge in [0.2, 0.25) is 0 Å². The number of likely N-dealkylation sites (tertiary alicyclic amines) is 1. The SMILES string of the molecule is COc1cccc(CN2C[C@H]3CNC[C@H]3C2)c1OC. The molecule has 1 aromatic rings. The van der Waals surface area contributed by atoms with Crippen LogP contribution in [0.2, 0.25) is 0 Å². The number of hydrogen-bond acceptors (Lipinski definition) is 4. The average molecular weight is 262 g/mol. The van der Waals surface area contributed by atoms with E-state index in [0.29, 0.717) is 0 Å². The molecule has 2 aliphatic heterocycles. The van der Waals surface area contributed by atoms with Crippen molar-refractivity contribution >= 4 is 0 Å². The Balaban J connectivity index is 1.73. The fraction of sp³-hybridized carbons (Fsp3) is 0.600. The minimum absolute atomic E-state index is 0.820. The molecule has 2 atom stereocenters. The molecular weight excluding hydrogens is 240 g/mol. The summed E-state index contributed by atoms with van der Waals surface area (Å²) in [6.45, 7) is 5.69. The summed E-state index contributed by atoms with van der Waals surface area (Å²) in [5.41, 5.74) is 1.22. The van der Waals surface area contributed by atoms with Crippen molar-refractivity contribution in [3.05, 3.63) is 23.8 Å². The number of ether oxygens (including phenoxy) is 2. The van der Waals surface area contributed by atoms with Crippen LogP contribution in [-0.4, -0.2) is 45.3 Å². The second-order valence-electron chi connectivity index (χ2n) is 5.53. The molecule has 2 fully saturated rings. The minimum atomic E-state index is 0.820. The molecule has 0 saturated carbocycles. The fourth-order valence-electron chi connectivity index (χ4n) is 3.40. The summed E-state index contributed by atoms with van der Waals surface area (Å²) < 4.78 is 10.9. The van der Waals surface area contributed by atoms with E-state index >= 15 is 0 Å². The van der Waals surface area contributed by atoms with E-state index in [-0.39, 0.29) is 0 Å². The highest BCUT2D eigenvalue weighted by Gasteiger charge is 2.36. The normalized spacial score (nSPS) is 26.4. The Morgan fingerprint density at radius 1 is 1.16 bits per heavy atom. The standard InChI is InChI=1S/C15H22N2O2/c1-18-14-5-3-4-11(15(14)19-2)8-17-9-12-6-16-7-13(12)10-17/h3-5,12-13,16H,6-10H2,1-2H3/t12-,13+. The molecule has 0 spiro atoms. The van der Waals surface area contributed by atoms with E-state index in [1.165, 1.54) is 31.7 Å². The minimum Gasteiger partial charge on any atom is -0.493 e. The highest BCUT2D eigenvalue weighted by atomic mass is 16.5. The van der Waals surface area contributed by atoms with E-state index in [0.717, 1.165) is 29.9 Å². The lowest BCUT2D eigenvalue weighted by Gasteiger charge is -2.19. The first-order valence-electron chi connectivity index (χ1n) is 6.94. The van der Waals surface area contributed by atoms with Crippen LogP contribution in [0.5, 0.6) is 11.5 Å². The van der Waals surface area contributed by atoms with Gasteiger partial charge < -0.3 is 14.8 Å². The summed E-state index contributed by atoms with van der Waals surface area (Å²) in [5, 5.41) is 3.48. The van der Waals surface area contributed by atoms with Crippen molar-refractivity contribution in [3.63, 3.8) is 0 Å². The van der Waals surface area contributed by atoms with Gasteiger partial charge in [-0.15, -0.1) is 0 Å². The lowest BCUT2D eigenvalue weighted by atomic mass is 10.0. The number of nitrogens with zero attached hydrogens (tertiary/aromatic N) is 1. The summed E-state index contributed by atoms with van der Waals surface area (Å²) in [5.74, 6) is 3.36. The number of para-hydroxylation sites is 1. The predicted molar refractivity (Wildman–Crippen MR) is 74.7 cm³/mol. The second-order valence-corrected chi connectivity index (χ2v) is 5.53. The summed E-state index contributed by atoms with van der Waals surface area (Å²) >= 11 is 0. The predicted octanol–water partition coefficient (Wildman–Crippen LogP) is 1.35. The first-order chi connectivity index (χ1) is 9.31. The Kier molecular flexibility index (Phi) is 3.62. The summed E-state index contributed by atoms with van der Waals surface area (Å²) in [4.78, 5) is 2.54. The van der Waals surface area contributed by atoms with E-state index in [1.54, 1.807) is 14.2 Å². The molecular formula is C15H22N2O2. The lowest BCUT2D eigenvalue weighted by molar-refractivity contribution is 0.293. The fourth-order valence-corrected chi connectivity index (χ4v) is 3.40. The van der Waals surface area contributed by atoms with Crippen LogP contribution in [0.25, 0.3) is 0 Å². The molecule has 4 nitrogen and oxygen atoms in total. The molecule has 104 valence electrons. The van der Waals surface area contributed by atoms with Gasteiger partial charge in [-0.05, 0) is 31.0 Å². The van der Waals surface area contributed by atoms with Crippen molar-refractivity contribution in [2.45, 2.75) is 6.54 Å². The van der Waals surface area contributed by atoms with Crippen molar-refractivity contribution in [1.82, 2.24) is 10.2 Å². The number of benzene rings is 1. The highest BCUT2D eigenvalue weighted by molar-refractivity contribution is 5.46. The zero-order valence-corrected chi connectivity index (χ0v) is 11.7. The van der Waals surface area contributed by atoms with Gasteiger partial charge in [0.1, 0.15) is 0 Å². The van der Waals surface area contributed by atoms with Crippen molar-refractivity contribution in [2.24, 2.45) is 11.8 Å². The molecule has 0 amide bonds. The molecule has 2 heterocycles. The topological polar surface area (TPSA) is 33.7 Å². The van der Waals surface area contributed by atoms with Gasteiger partial charge >= 0.3 is 0 Å². The summed E-state index contributed by atoms with van der Waals surface area (Å²) in [6, 6.07) is 6.12. The molecule has 0 aromatic heterocycles. The smallest absolute Gasteiger partial charge is 0.165 e. The second kappa shape index (κ2) is 5.39.